The predicted octanol–water partition coefficient (Wildman–Crippen LogP) is 0.526. The third kappa shape index (κ3) is 5.88. The summed E-state index contributed by atoms with van der Waals surface area (Å²) in [5.74, 6) is 0. The molecule has 3 nitrogen and oxygen atoms in total. The van der Waals surface area contributed by atoms with Crippen LogP contribution in [0.2, 0.25) is 0 Å². The van der Waals surface area contributed by atoms with Gasteiger partial charge in [-0.25, -0.2) is 0 Å². The van der Waals surface area contributed by atoms with Gasteiger partial charge in [0.2, 0.25) is 0 Å². The summed E-state index contributed by atoms with van der Waals surface area (Å²) >= 11 is 5.47. The van der Waals surface area contributed by atoms with Crippen molar-refractivity contribution in [1.29, 1.82) is 0 Å². The van der Waals surface area contributed by atoms with Gasteiger partial charge < -0.3 is 11.1 Å². The van der Waals surface area contributed by atoms with E-state index in [1.165, 1.54) is 0 Å². The van der Waals surface area contributed by atoms with Crippen LogP contribution >= 0.6 is 11.6 Å². The summed E-state index contributed by atoms with van der Waals surface area (Å²) in [7, 11) is 0. The van der Waals surface area contributed by atoms with Crippen LogP contribution in [-0.2, 0) is 0 Å². The Morgan fingerprint density at radius 3 is 2.40 bits per heavy atom. The van der Waals surface area contributed by atoms with Crippen LogP contribution in [0.25, 0.3) is 0 Å². The van der Waals surface area contributed by atoms with Crippen LogP contribution < -0.4 is 16.4 Å². The Labute approximate surface area is 66.6 Å². The molecule has 0 aromatic rings. The zero-order chi connectivity index (χ0) is 8.15. The summed E-state index contributed by atoms with van der Waals surface area (Å²) in [5.41, 5.74) is 5.45. The average Bonchev–Trinajstić information content (AvgIpc) is 1.58. The van der Waals surface area contributed by atoms with Crippen molar-refractivity contribution < 1.29 is 0 Å². The Bertz CT molecular complexity index is 114. The van der Waals surface area contributed by atoms with E-state index in [4.69, 9.17) is 17.3 Å². The summed E-state index contributed by atoms with van der Waals surface area (Å²) < 4.78 is 0. The Morgan fingerprint density at radius 2 is 2.10 bits per heavy atom. The Hall–Kier alpha value is -0.250. The first-order chi connectivity index (χ1) is 4.52. The van der Waals surface area contributed by atoms with Gasteiger partial charge in [0.25, 0.3) is 0 Å². The lowest BCUT2D eigenvalue weighted by atomic mass is 10.5. The van der Waals surface area contributed by atoms with Crippen molar-refractivity contribution >= 4 is 11.6 Å². The molecule has 0 rings (SSSR count). The molecule has 0 fully saturated rings. The first-order valence-corrected chi connectivity index (χ1v) is 3.52. The first-order valence-electron chi connectivity index (χ1n) is 3.15. The normalized spacial score (nSPS) is 16.0. The minimum Gasteiger partial charge on any atom is -0.361 e. The van der Waals surface area contributed by atoms with Gasteiger partial charge in [0.1, 0.15) is 0 Å². The SMILES string of the molecule is C=C(Cl)N[C@@H](C)N[C@@H](C)N. The average molecular weight is 164 g/mol. The molecule has 0 heterocycles. The standard InChI is InChI=1S/C6H14ClN3/c1-4(7)9-6(3)10-5(2)8/h5-6,9-10H,1,8H2,2-3H3/t5-,6+/m0/s1. The summed E-state index contributed by atoms with van der Waals surface area (Å²) in [6.07, 6.45) is 0.0171. The van der Waals surface area contributed by atoms with Crippen molar-refractivity contribution in [2.75, 3.05) is 0 Å². The van der Waals surface area contributed by atoms with Gasteiger partial charge in [-0.1, -0.05) is 18.2 Å². The molecule has 0 amide bonds. The topological polar surface area (TPSA) is 50.1 Å². The van der Waals surface area contributed by atoms with Gasteiger partial charge in [-0.2, -0.15) is 0 Å². The van der Waals surface area contributed by atoms with Crippen molar-refractivity contribution in [2.24, 2.45) is 5.73 Å². The van der Waals surface area contributed by atoms with Crippen molar-refractivity contribution in [1.82, 2.24) is 10.6 Å². The van der Waals surface area contributed by atoms with E-state index in [-0.39, 0.29) is 12.3 Å². The predicted molar refractivity (Wildman–Crippen MR) is 44.4 cm³/mol. The Kier molecular flexibility index (Phi) is 4.43. The summed E-state index contributed by atoms with van der Waals surface area (Å²) in [4.78, 5) is 0. The van der Waals surface area contributed by atoms with Gasteiger partial charge >= 0.3 is 0 Å². The molecular formula is C6H14ClN3. The Morgan fingerprint density at radius 1 is 1.60 bits per heavy atom. The second-order valence-corrected chi connectivity index (χ2v) is 2.68. The monoisotopic (exact) mass is 163 g/mol. The van der Waals surface area contributed by atoms with Gasteiger partial charge in [0.05, 0.1) is 17.5 Å². The molecule has 60 valence electrons. The van der Waals surface area contributed by atoms with Crippen LogP contribution in [0.4, 0.5) is 0 Å². The van der Waals surface area contributed by atoms with E-state index in [0.29, 0.717) is 5.16 Å². The molecular weight excluding hydrogens is 150 g/mol. The summed E-state index contributed by atoms with van der Waals surface area (Å²) in [6, 6.07) is 0. The van der Waals surface area contributed by atoms with Crippen LogP contribution in [0.1, 0.15) is 13.8 Å². The van der Waals surface area contributed by atoms with E-state index in [2.05, 4.69) is 17.2 Å². The third-order valence-corrected chi connectivity index (χ3v) is 0.995. The summed E-state index contributed by atoms with van der Waals surface area (Å²) in [6.45, 7) is 7.25. The molecule has 0 spiro atoms. The molecule has 0 aliphatic heterocycles. The highest BCUT2D eigenvalue weighted by Gasteiger charge is 2.00. The zero-order valence-corrected chi connectivity index (χ0v) is 7.07. The molecule has 2 atom stereocenters. The fourth-order valence-corrected chi connectivity index (χ4v) is 0.835. The van der Waals surface area contributed by atoms with Crippen LogP contribution in [0.5, 0.6) is 0 Å². The molecule has 0 saturated carbocycles. The van der Waals surface area contributed by atoms with E-state index in [1.807, 2.05) is 13.8 Å². The minimum atomic E-state index is -0.0430. The second-order valence-electron chi connectivity index (χ2n) is 2.23. The maximum atomic E-state index is 5.47. The highest BCUT2D eigenvalue weighted by atomic mass is 35.5. The van der Waals surface area contributed by atoms with E-state index in [1.54, 1.807) is 0 Å². The maximum absolute atomic E-state index is 5.47. The minimum absolute atomic E-state index is 0.0430. The highest BCUT2D eigenvalue weighted by molar-refractivity contribution is 6.28. The van der Waals surface area contributed by atoms with Crippen LogP contribution in [0.3, 0.4) is 0 Å². The number of halogens is 1. The molecule has 0 aromatic carbocycles. The third-order valence-electron chi connectivity index (χ3n) is 0.886. The zero-order valence-electron chi connectivity index (χ0n) is 6.32. The summed E-state index contributed by atoms with van der Waals surface area (Å²) in [5, 5.41) is 6.27. The molecule has 0 aromatic heterocycles. The van der Waals surface area contributed by atoms with Crippen molar-refractivity contribution in [3.63, 3.8) is 0 Å². The van der Waals surface area contributed by atoms with Gasteiger partial charge in [-0.15, -0.1) is 0 Å². The molecule has 0 bridgehead atoms. The lowest BCUT2D eigenvalue weighted by molar-refractivity contribution is 0.443. The molecule has 4 heteroatoms. The molecule has 10 heavy (non-hydrogen) atoms. The lowest BCUT2D eigenvalue weighted by Gasteiger charge is -2.17. The second kappa shape index (κ2) is 4.55. The van der Waals surface area contributed by atoms with Crippen molar-refractivity contribution in [3.05, 3.63) is 11.7 Å². The number of nitrogens with one attached hydrogen (secondary N) is 2. The van der Waals surface area contributed by atoms with E-state index < -0.39 is 0 Å². The molecule has 0 unspecified atom stereocenters. The molecule has 0 aliphatic carbocycles. The molecule has 0 saturated heterocycles. The van der Waals surface area contributed by atoms with Crippen molar-refractivity contribution in [3.8, 4) is 0 Å². The smallest absolute Gasteiger partial charge is 0.0957 e. The van der Waals surface area contributed by atoms with Gasteiger partial charge in [-0.3, -0.25) is 5.32 Å². The van der Waals surface area contributed by atoms with Gasteiger partial charge in [0.15, 0.2) is 0 Å². The molecule has 4 N–H and O–H groups in total. The van der Waals surface area contributed by atoms with Crippen LogP contribution in [-0.4, -0.2) is 12.3 Å². The number of hydrogen-bond donors (Lipinski definition) is 3. The van der Waals surface area contributed by atoms with Gasteiger partial charge in [-0.05, 0) is 13.8 Å². The van der Waals surface area contributed by atoms with Crippen LogP contribution in [0, 0.1) is 0 Å². The van der Waals surface area contributed by atoms with E-state index in [9.17, 15) is 0 Å². The van der Waals surface area contributed by atoms with Crippen LogP contribution in [0.15, 0.2) is 11.7 Å². The molecule has 0 radical (unpaired) electrons. The number of rotatable bonds is 4. The fourth-order valence-electron chi connectivity index (χ4n) is 0.671. The quantitative estimate of drug-likeness (QED) is 0.419. The molecule has 0 aliphatic rings. The Balaban J connectivity index is 3.43. The fraction of sp³-hybridized carbons (Fsp3) is 0.667. The first kappa shape index (κ1) is 9.75. The van der Waals surface area contributed by atoms with E-state index >= 15 is 0 Å². The largest absolute Gasteiger partial charge is 0.361 e. The van der Waals surface area contributed by atoms with Gasteiger partial charge in [0, 0.05) is 0 Å². The number of hydrogen-bond acceptors (Lipinski definition) is 3. The highest BCUT2D eigenvalue weighted by Crippen LogP contribution is 1.90. The lowest BCUT2D eigenvalue weighted by Crippen LogP contribution is -2.46. The number of nitrogens with two attached hydrogens (primary N) is 1. The van der Waals surface area contributed by atoms with E-state index in [0.717, 1.165) is 0 Å². The maximum Gasteiger partial charge on any atom is 0.0957 e. The van der Waals surface area contributed by atoms with Crippen molar-refractivity contribution in [2.45, 2.75) is 26.2 Å².